The van der Waals surface area contributed by atoms with E-state index in [1.807, 2.05) is 7.05 Å². The number of rotatable bonds is 4. The van der Waals surface area contributed by atoms with Gasteiger partial charge in [-0.15, -0.1) is 0 Å². The van der Waals surface area contributed by atoms with Crippen molar-refractivity contribution in [2.45, 2.75) is 51.1 Å². The Morgan fingerprint density at radius 2 is 1.86 bits per heavy atom. The maximum Gasteiger partial charge on any atom is 0.191 e. The Morgan fingerprint density at radius 1 is 1.14 bits per heavy atom. The van der Waals surface area contributed by atoms with Gasteiger partial charge in [-0.05, 0) is 45.7 Å². The van der Waals surface area contributed by atoms with E-state index in [1.54, 1.807) is 0 Å². The van der Waals surface area contributed by atoms with Gasteiger partial charge in [-0.25, -0.2) is 0 Å². The molecule has 0 bridgehead atoms. The lowest BCUT2D eigenvalue weighted by Gasteiger charge is -2.38. The highest BCUT2D eigenvalue weighted by atomic mass is 15.3. The van der Waals surface area contributed by atoms with Gasteiger partial charge in [-0.1, -0.05) is 13.3 Å². The third kappa shape index (κ3) is 5.13. The average molecular weight is 310 g/mol. The van der Waals surface area contributed by atoms with Crippen LogP contribution in [0.4, 0.5) is 0 Å². The lowest BCUT2D eigenvalue weighted by molar-refractivity contribution is 0.116. The zero-order valence-electron chi connectivity index (χ0n) is 14.9. The van der Waals surface area contributed by atoms with Crippen molar-refractivity contribution in [1.29, 1.82) is 0 Å². The summed E-state index contributed by atoms with van der Waals surface area (Å²) < 4.78 is 0. The van der Waals surface area contributed by atoms with Crippen molar-refractivity contribution in [3.05, 3.63) is 0 Å². The lowest BCUT2D eigenvalue weighted by Crippen LogP contribution is -2.56. The molecule has 2 fully saturated rings. The molecule has 1 aliphatic heterocycles. The molecule has 5 heteroatoms. The highest BCUT2D eigenvalue weighted by Gasteiger charge is 2.23. The minimum atomic E-state index is 0.563. The molecule has 0 radical (unpaired) electrons. The molecule has 22 heavy (non-hydrogen) atoms. The van der Waals surface area contributed by atoms with E-state index in [4.69, 9.17) is 0 Å². The highest BCUT2D eigenvalue weighted by Crippen LogP contribution is 2.26. The molecule has 128 valence electrons. The molecule has 0 aromatic heterocycles. The smallest absolute Gasteiger partial charge is 0.191 e. The van der Waals surface area contributed by atoms with Gasteiger partial charge < -0.3 is 15.5 Å². The summed E-state index contributed by atoms with van der Waals surface area (Å²) in [6.07, 6.45) is 6.63. The molecule has 1 aliphatic carbocycles. The van der Waals surface area contributed by atoms with Crippen molar-refractivity contribution >= 4 is 5.96 Å². The number of guanidine groups is 1. The van der Waals surface area contributed by atoms with Gasteiger partial charge >= 0.3 is 0 Å². The molecule has 2 rings (SSSR count). The summed E-state index contributed by atoms with van der Waals surface area (Å²) in [5.74, 6) is 1.92. The molecule has 0 amide bonds. The number of likely N-dealkylation sites (N-methyl/N-ethyl adjacent to an activating group) is 2. The summed E-state index contributed by atoms with van der Waals surface area (Å²) in [7, 11) is 6.31. The van der Waals surface area contributed by atoms with E-state index in [9.17, 15) is 0 Å². The van der Waals surface area contributed by atoms with E-state index in [2.05, 4.69) is 46.4 Å². The molecule has 1 atom stereocenters. The topological polar surface area (TPSA) is 42.9 Å². The Bertz CT molecular complexity index is 349. The minimum absolute atomic E-state index is 0.563. The van der Waals surface area contributed by atoms with Crippen LogP contribution >= 0.6 is 0 Å². The van der Waals surface area contributed by atoms with Gasteiger partial charge in [0.1, 0.15) is 0 Å². The van der Waals surface area contributed by atoms with Crippen molar-refractivity contribution < 1.29 is 0 Å². The fourth-order valence-electron chi connectivity index (χ4n) is 3.64. The van der Waals surface area contributed by atoms with Gasteiger partial charge in [0, 0.05) is 45.3 Å². The molecule has 2 aliphatic rings. The number of piperazine rings is 1. The number of hydrogen-bond donors (Lipinski definition) is 2. The first-order valence-corrected chi connectivity index (χ1v) is 8.98. The molecular formula is C17H35N5. The highest BCUT2D eigenvalue weighted by molar-refractivity contribution is 5.80. The zero-order valence-corrected chi connectivity index (χ0v) is 14.9. The summed E-state index contributed by atoms with van der Waals surface area (Å²) in [5, 5.41) is 7.16. The molecule has 1 heterocycles. The van der Waals surface area contributed by atoms with Crippen LogP contribution in [0.25, 0.3) is 0 Å². The third-order valence-corrected chi connectivity index (χ3v) is 5.47. The second-order valence-corrected chi connectivity index (χ2v) is 7.12. The Labute approximate surface area is 136 Å². The number of aliphatic imine (C=N–C) groups is 1. The quantitative estimate of drug-likeness (QED) is 0.608. The van der Waals surface area contributed by atoms with E-state index < -0.39 is 0 Å². The molecule has 0 aromatic rings. The number of nitrogens with one attached hydrogen (secondary N) is 2. The molecule has 1 saturated heterocycles. The van der Waals surface area contributed by atoms with Crippen LogP contribution in [0.5, 0.6) is 0 Å². The molecule has 1 unspecified atom stereocenters. The standard InChI is InChI=1S/C17H35N5/c1-5-14-6-8-15(9-7-14)20-17(18-2)19-12-16-13-21(3)10-11-22(16)4/h14-16H,5-13H2,1-4H3,(H2,18,19,20). The molecule has 5 nitrogen and oxygen atoms in total. The predicted octanol–water partition coefficient (Wildman–Crippen LogP) is 1.37. The third-order valence-electron chi connectivity index (χ3n) is 5.47. The van der Waals surface area contributed by atoms with Crippen molar-refractivity contribution in [2.75, 3.05) is 47.3 Å². The summed E-state index contributed by atoms with van der Waals surface area (Å²) in [4.78, 5) is 9.27. The molecule has 2 N–H and O–H groups in total. The normalized spacial score (nSPS) is 32.0. The van der Waals surface area contributed by atoms with Gasteiger partial charge in [-0.3, -0.25) is 9.89 Å². The Kier molecular flexibility index (Phi) is 6.96. The fourth-order valence-corrected chi connectivity index (χ4v) is 3.64. The largest absolute Gasteiger partial charge is 0.355 e. The maximum absolute atomic E-state index is 4.41. The first kappa shape index (κ1) is 17.5. The van der Waals surface area contributed by atoms with E-state index in [-0.39, 0.29) is 0 Å². The first-order chi connectivity index (χ1) is 10.6. The fraction of sp³-hybridized carbons (Fsp3) is 0.941. The Balaban J connectivity index is 1.73. The van der Waals surface area contributed by atoms with Crippen LogP contribution in [0.3, 0.4) is 0 Å². The summed E-state index contributed by atoms with van der Waals surface area (Å²) in [6.45, 7) is 6.72. The first-order valence-electron chi connectivity index (χ1n) is 8.98. The van der Waals surface area contributed by atoms with Gasteiger partial charge in [0.2, 0.25) is 0 Å². The summed E-state index contributed by atoms with van der Waals surface area (Å²) in [5.41, 5.74) is 0. The van der Waals surface area contributed by atoms with E-state index in [0.717, 1.165) is 31.5 Å². The molecule has 0 aromatic carbocycles. The van der Waals surface area contributed by atoms with Crippen LogP contribution < -0.4 is 10.6 Å². The minimum Gasteiger partial charge on any atom is -0.355 e. The summed E-state index contributed by atoms with van der Waals surface area (Å²) in [6, 6.07) is 1.16. The van der Waals surface area contributed by atoms with Crippen LogP contribution in [0, 0.1) is 5.92 Å². The average Bonchev–Trinajstić information content (AvgIpc) is 2.55. The van der Waals surface area contributed by atoms with E-state index in [1.165, 1.54) is 38.6 Å². The van der Waals surface area contributed by atoms with Gasteiger partial charge in [0.25, 0.3) is 0 Å². The summed E-state index contributed by atoms with van der Waals surface area (Å²) >= 11 is 0. The van der Waals surface area contributed by atoms with Crippen LogP contribution in [0.2, 0.25) is 0 Å². The zero-order chi connectivity index (χ0) is 15.9. The predicted molar refractivity (Wildman–Crippen MR) is 94.4 cm³/mol. The monoisotopic (exact) mass is 309 g/mol. The maximum atomic E-state index is 4.41. The van der Waals surface area contributed by atoms with Crippen LogP contribution in [0.1, 0.15) is 39.0 Å². The SMILES string of the molecule is CCC1CCC(NC(=NC)NCC2CN(C)CCN2C)CC1. The van der Waals surface area contributed by atoms with Crippen molar-refractivity contribution in [3.8, 4) is 0 Å². The van der Waals surface area contributed by atoms with Crippen molar-refractivity contribution in [2.24, 2.45) is 10.9 Å². The van der Waals surface area contributed by atoms with Crippen LogP contribution in [0.15, 0.2) is 4.99 Å². The van der Waals surface area contributed by atoms with E-state index >= 15 is 0 Å². The van der Waals surface area contributed by atoms with E-state index in [0.29, 0.717) is 12.1 Å². The van der Waals surface area contributed by atoms with Crippen molar-refractivity contribution in [3.63, 3.8) is 0 Å². The number of hydrogen-bond acceptors (Lipinski definition) is 3. The lowest BCUT2D eigenvalue weighted by atomic mass is 9.84. The Hall–Kier alpha value is -0.810. The van der Waals surface area contributed by atoms with Gasteiger partial charge in [0.15, 0.2) is 5.96 Å². The second-order valence-electron chi connectivity index (χ2n) is 7.12. The van der Waals surface area contributed by atoms with Crippen LogP contribution in [-0.2, 0) is 0 Å². The Morgan fingerprint density at radius 3 is 2.50 bits per heavy atom. The second kappa shape index (κ2) is 8.73. The molecular weight excluding hydrogens is 274 g/mol. The number of nitrogens with zero attached hydrogens (tertiary/aromatic N) is 3. The van der Waals surface area contributed by atoms with Gasteiger partial charge in [-0.2, -0.15) is 0 Å². The van der Waals surface area contributed by atoms with Gasteiger partial charge in [0.05, 0.1) is 0 Å². The van der Waals surface area contributed by atoms with Crippen LogP contribution in [-0.4, -0.2) is 75.2 Å². The van der Waals surface area contributed by atoms with Crippen molar-refractivity contribution in [1.82, 2.24) is 20.4 Å². The molecule has 1 saturated carbocycles. The molecule has 0 spiro atoms.